The lowest BCUT2D eigenvalue weighted by atomic mass is 9.70. The van der Waals surface area contributed by atoms with Crippen LogP contribution in [0, 0.1) is 5.41 Å². The maximum absolute atomic E-state index is 2.40. The Hall–Kier alpha value is -0.780. The molecule has 2 rings (SSSR count). The Labute approximate surface area is 87.3 Å². The molecule has 0 nitrogen and oxygen atoms in total. The second kappa shape index (κ2) is 3.76. The van der Waals surface area contributed by atoms with Gasteiger partial charge >= 0.3 is 0 Å². The molecular formula is C14H20. The first kappa shape index (κ1) is 9.76. The van der Waals surface area contributed by atoms with Gasteiger partial charge in [-0.05, 0) is 36.2 Å². The average Bonchev–Trinajstić information content (AvgIpc) is 2.18. The summed E-state index contributed by atoms with van der Waals surface area (Å²) in [6.45, 7) is 4.81. The first-order valence-corrected chi connectivity index (χ1v) is 5.72. The van der Waals surface area contributed by atoms with Gasteiger partial charge in [0.25, 0.3) is 0 Å². The van der Waals surface area contributed by atoms with Crippen LogP contribution in [0.3, 0.4) is 0 Å². The molecule has 1 fully saturated rings. The summed E-state index contributed by atoms with van der Waals surface area (Å²) in [6.07, 6.45) is 5.54. The first-order valence-electron chi connectivity index (χ1n) is 5.72. The smallest absolute Gasteiger partial charge is 0.0157 e. The van der Waals surface area contributed by atoms with Crippen molar-refractivity contribution in [2.75, 3.05) is 0 Å². The fraction of sp³-hybridized carbons (Fsp3) is 0.571. The number of hydrogen-bond acceptors (Lipinski definition) is 0. The van der Waals surface area contributed by atoms with Crippen molar-refractivity contribution in [3.05, 3.63) is 35.9 Å². The maximum Gasteiger partial charge on any atom is -0.0157 e. The molecular weight excluding hydrogens is 168 g/mol. The van der Waals surface area contributed by atoms with E-state index in [2.05, 4.69) is 44.2 Å². The predicted molar refractivity (Wildman–Crippen MR) is 61.4 cm³/mol. The molecule has 1 saturated carbocycles. The zero-order valence-electron chi connectivity index (χ0n) is 9.29. The van der Waals surface area contributed by atoms with E-state index in [1.807, 2.05) is 0 Å². The van der Waals surface area contributed by atoms with Gasteiger partial charge in [0.05, 0.1) is 0 Å². The molecule has 0 heterocycles. The Bertz CT molecular complexity index is 284. The van der Waals surface area contributed by atoms with Crippen molar-refractivity contribution in [2.45, 2.75) is 45.4 Å². The van der Waals surface area contributed by atoms with Crippen LogP contribution in [0.15, 0.2) is 30.3 Å². The lowest BCUT2D eigenvalue weighted by Gasteiger charge is -2.35. The maximum atomic E-state index is 2.40. The van der Waals surface area contributed by atoms with E-state index in [-0.39, 0.29) is 0 Å². The van der Waals surface area contributed by atoms with Crippen LogP contribution in [0.5, 0.6) is 0 Å². The third kappa shape index (κ3) is 2.17. The van der Waals surface area contributed by atoms with E-state index in [1.165, 1.54) is 25.7 Å². The Morgan fingerprint density at radius 1 is 1.14 bits per heavy atom. The number of rotatable bonds is 1. The third-order valence-corrected chi connectivity index (χ3v) is 3.48. The molecule has 0 N–H and O–H groups in total. The predicted octanol–water partition coefficient (Wildman–Crippen LogP) is 4.37. The highest BCUT2D eigenvalue weighted by Crippen LogP contribution is 2.43. The summed E-state index contributed by atoms with van der Waals surface area (Å²) < 4.78 is 0. The van der Waals surface area contributed by atoms with E-state index in [1.54, 1.807) is 5.56 Å². The molecule has 0 heteroatoms. The molecule has 0 bridgehead atoms. The second-order valence-corrected chi connectivity index (χ2v) is 5.37. The normalized spacial score (nSPS) is 26.0. The molecule has 0 spiro atoms. The molecule has 14 heavy (non-hydrogen) atoms. The zero-order valence-corrected chi connectivity index (χ0v) is 9.29. The minimum absolute atomic E-state index is 0.554. The Morgan fingerprint density at radius 2 is 1.86 bits per heavy atom. The Kier molecular flexibility index (Phi) is 2.62. The van der Waals surface area contributed by atoms with Crippen LogP contribution in [0.1, 0.15) is 51.0 Å². The van der Waals surface area contributed by atoms with E-state index in [9.17, 15) is 0 Å². The summed E-state index contributed by atoms with van der Waals surface area (Å²) in [5.41, 5.74) is 2.10. The summed E-state index contributed by atoms with van der Waals surface area (Å²) in [5, 5.41) is 0. The molecule has 76 valence electrons. The van der Waals surface area contributed by atoms with Crippen molar-refractivity contribution < 1.29 is 0 Å². The van der Waals surface area contributed by atoms with Gasteiger partial charge in [-0.2, -0.15) is 0 Å². The molecule has 0 radical (unpaired) electrons. The summed E-state index contributed by atoms with van der Waals surface area (Å²) in [4.78, 5) is 0. The molecule has 1 aliphatic carbocycles. The number of hydrogen-bond donors (Lipinski definition) is 0. The molecule has 1 aromatic rings. The lowest BCUT2D eigenvalue weighted by molar-refractivity contribution is 0.219. The monoisotopic (exact) mass is 188 g/mol. The van der Waals surface area contributed by atoms with Gasteiger partial charge in [-0.1, -0.05) is 50.6 Å². The molecule has 0 aliphatic heterocycles. The van der Waals surface area contributed by atoms with Crippen molar-refractivity contribution >= 4 is 0 Å². The second-order valence-electron chi connectivity index (χ2n) is 5.37. The Morgan fingerprint density at radius 3 is 2.50 bits per heavy atom. The van der Waals surface area contributed by atoms with Crippen molar-refractivity contribution in [1.82, 2.24) is 0 Å². The largest absolute Gasteiger partial charge is 0.0622 e. The van der Waals surface area contributed by atoms with E-state index >= 15 is 0 Å². The van der Waals surface area contributed by atoms with Gasteiger partial charge in [0, 0.05) is 0 Å². The average molecular weight is 188 g/mol. The summed E-state index contributed by atoms with van der Waals surface area (Å²) in [6, 6.07) is 11.0. The van der Waals surface area contributed by atoms with Gasteiger partial charge in [-0.25, -0.2) is 0 Å². The van der Waals surface area contributed by atoms with Crippen molar-refractivity contribution in [3.8, 4) is 0 Å². The van der Waals surface area contributed by atoms with Crippen LogP contribution in [0.25, 0.3) is 0 Å². The van der Waals surface area contributed by atoms with E-state index in [0.717, 1.165) is 5.92 Å². The summed E-state index contributed by atoms with van der Waals surface area (Å²) >= 11 is 0. The van der Waals surface area contributed by atoms with Gasteiger partial charge in [0.1, 0.15) is 0 Å². The molecule has 1 atom stereocenters. The van der Waals surface area contributed by atoms with Crippen LogP contribution in [-0.4, -0.2) is 0 Å². The molecule has 1 aromatic carbocycles. The SMILES string of the molecule is CC1(C)CCCC(c2ccccc2)C1. The fourth-order valence-electron chi connectivity index (χ4n) is 2.71. The van der Waals surface area contributed by atoms with Crippen LogP contribution in [0.2, 0.25) is 0 Å². The van der Waals surface area contributed by atoms with E-state index in [0.29, 0.717) is 5.41 Å². The van der Waals surface area contributed by atoms with Gasteiger partial charge in [0.15, 0.2) is 0 Å². The minimum Gasteiger partial charge on any atom is -0.0622 e. The molecule has 0 aromatic heterocycles. The highest BCUT2D eigenvalue weighted by molar-refractivity contribution is 5.20. The van der Waals surface area contributed by atoms with Crippen molar-refractivity contribution in [2.24, 2.45) is 5.41 Å². The van der Waals surface area contributed by atoms with Crippen LogP contribution in [-0.2, 0) is 0 Å². The molecule has 0 amide bonds. The van der Waals surface area contributed by atoms with E-state index < -0.39 is 0 Å². The standard InChI is InChI=1S/C14H20/c1-14(2)10-6-9-13(11-14)12-7-4-3-5-8-12/h3-5,7-8,13H,6,9-11H2,1-2H3. The third-order valence-electron chi connectivity index (χ3n) is 3.48. The summed E-state index contributed by atoms with van der Waals surface area (Å²) in [7, 11) is 0. The minimum atomic E-state index is 0.554. The molecule has 0 saturated heterocycles. The number of benzene rings is 1. The highest BCUT2D eigenvalue weighted by Gasteiger charge is 2.28. The topological polar surface area (TPSA) is 0 Å². The molecule has 1 aliphatic rings. The van der Waals surface area contributed by atoms with Crippen LogP contribution >= 0.6 is 0 Å². The Balaban J connectivity index is 2.12. The van der Waals surface area contributed by atoms with Gasteiger partial charge < -0.3 is 0 Å². The van der Waals surface area contributed by atoms with Crippen molar-refractivity contribution in [1.29, 1.82) is 0 Å². The quantitative estimate of drug-likeness (QED) is 0.614. The summed E-state index contributed by atoms with van der Waals surface area (Å²) in [5.74, 6) is 0.806. The van der Waals surface area contributed by atoms with Gasteiger partial charge in [0.2, 0.25) is 0 Å². The highest BCUT2D eigenvalue weighted by atomic mass is 14.3. The van der Waals surface area contributed by atoms with Crippen LogP contribution < -0.4 is 0 Å². The van der Waals surface area contributed by atoms with E-state index in [4.69, 9.17) is 0 Å². The fourth-order valence-corrected chi connectivity index (χ4v) is 2.71. The lowest BCUT2D eigenvalue weighted by Crippen LogP contribution is -2.21. The van der Waals surface area contributed by atoms with Crippen molar-refractivity contribution in [3.63, 3.8) is 0 Å². The molecule has 1 unspecified atom stereocenters. The zero-order chi connectivity index (χ0) is 10.0. The van der Waals surface area contributed by atoms with Crippen LogP contribution in [0.4, 0.5) is 0 Å². The van der Waals surface area contributed by atoms with Gasteiger partial charge in [-0.3, -0.25) is 0 Å². The van der Waals surface area contributed by atoms with Gasteiger partial charge in [-0.15, -0.1) is 0 Å². The first-order chi connectivity index (χ1) is 6.67.